The van der Waals surface area contributed by atoms with Crippen LogP contribution < -0.4 is 5.32 Å². The summed E-state index contributed by atoms with van der Waals surface area (Å²) in [6.45, 7) is 3.14. The summed E-state index contributed by atoms with van der Waals surface area (Å²) in [5, 5.41) is 3.49. The largest absolute Gasteiger partial charge is 0.310 e. The Balaban J connectivity index is 1.70. The quantitative estimate of drug-likeness (QED) is 0.770. The molecule has 3 heteroatoms. The van der Waals surface area contributed by atoms with Gasteiger partial charge in [0.05, 0.1) is 0 Å². The molecule has 1 fully saturated rings. The van der Waals surface area contributed by atoms with Gasteiger partial charge in [0.2, 0.25) is 0 Å². The number of nitrogens with zero attached hydrogens (tertiary/aromatic N) is 2. The first-order valence-corrected chi connectivity index (χ1v) is 5.32. The first-order chi connectivity index (χ1) is 6.84. The maximum Gasteiger partial charge on any atom is 0.115 e. The maximum atomic E-state index is 3.98. The van der Waals surface area contributed by atoms with Crippen molar-refractivity contribution < 1.29 is 0 Å². The van der Waals surface area contributed by atoms with Gasteiger partial charge in [0.1, 0.15) is 6.33 Å². The fraction of sp³-hybridized carbons (Fsp3) is 0.636. The topological polar surface area (TPSA) is 37.8 Å². The molecule has 0 aromatic carbocycles. The van der Waals surface area contributed by atoms with E-state index in [4.69, 9.17) is 0 Å². The van der Waals surface area contributed by atoms with Crippen LogP contribution in [0.5, 0.6) is 0 Å². The van der Waals surface area contributed by atoms with Gasteiger partial charge in [-0.25, -0.2) is 9.97 Å². The van der Waals surface area contributed by atoms with Crippen LogP contribution in [-0.4, -0.2) is 16.0 Å². The molecule has 76 valence electrons. The highest BCUT2D eigenvalue weighted by atomic mass is 14.9. The van der Waals surface area contributed by atoms with Crippen LogP contribution in [0.4, 0.5) is 0 Å². The molecule has 2 rings (SSSR count). The summed E-state index contributed by atoms with van der Waals surface area (Å²) in [4.78, 5) is 7.97. The van der Waals surface area contributed by atoms with E-state index in [9.17, 15) is 0 Å². The lowest BCUT2D eigenvalue weighted by Gasteiger charge is -2.12. The summed E-state index contributed by atoms with van der Waals surface area (Å²) in [7, 11) is 0. The number of aromatic nitrogens is 2. The molecular formula is C11H17N3. The zero-order valence-corrected chi connectivity index (χ0v) is 8.61. The van der Waals surface area contributed by atoms with Crippen molar-refractivity contribution in [1.29, 1.82) is 0 Å². The van der Waals surface area contributed by atoms with Crippen molar-refractivity contribution in [3.63, 3.8) is 0 Å². The van der Waals surface area contributed by atoms with Gasteiger partial charge in [-0.05, 0) is 19.3 Å². The van der Waals surface area contributed by atoms with E-state index >= 15 is 0 Å². The second kappa shape index (κ2) is 4.51. The lowest BCUT2D eigenvalue weighted by Crippen LogP contribution is -2.25. The summed E-state index contributed by atoms with van der Waals surface area (Å²) in [6.07, 6.45) is 9.47. The zero-order chi connectivity index (χ0) is 9.80. The zero-order valence-electron chi connectivity index (χ0n) is 8.61. The Morgan fingerprint density at radius 3 is 2.79 bits per heavy atom. The van der Waals surface area contributed by atoms with E-state index in [0.717, 1.165) is 18.0 Å². The van der Waals surface area contributed by atoms with E-state index in [-0.39, 0.29) is 0 Å². The molecule has 1 aliphatic carbocycles. The molecule has 1 saturated carbocycles. The normalized spacial score (nSPS) is 18.1. The van der Waals surface area contributed by atoms with Crippen molar-refractivity contribution in [3.05, 3.63) is 24.3 Å². The van der Waals surface area contributed by atoms with Gasteiger partial charge in [-0.15, -0.1) is 0 Å². The van der Waals surface area contributed by atoms with Crippen LogP contribution in [0.15, 0.2) is 18.7 Å². The van der Waals surface area contributed by atoms with Crippen molar-refractivity contribution in [2.45, 2.75) is 38.8 Å². The molecule has 0 bridgehead atoms. The molecule has 1 aromatic rings. The third-order valence-electron chi connectivity index (χ3n) is 2.65. The molecule has 1 aliphatic rings. The van der Waals surface area contributed by atoms with Crippen molar-refractivity contribution in [2.75, 3.05) is 0 Å². The molecule has 14 heavy (non-hydrogen) atoms. The Morgan fingerprint density at radius 1 is 1.43 bits per heavy atom. The Hall–Kier alpha value is -0.960. The van der Waals surface area contributed by atoms with Gasteiger partial charge >= 0.3 is 0 Å². The highest BCUT2D eigenvalue weighted by Gasteiger charge is 2.23. The maximum absolute atomic E-state index is 3.98. The van der Waals surface area contributed by atoms with Gasteiger partial charge in [0.25, 0.3) is 0 Å². The van der Waals surface area contributed by atoms with Crippen molar-refractivity contribution >= 4 is 0 Å². The number of nitrogens with one attached hydrogen (secondary N) is 1. The van der Waals surface area contributed by atoms with E-state index in [1.54, 1.807) is 6.33 Å². The minimum atomic E-state index is 0.614. The molecule has 0 radical (unpaired) electrons. The summed E-state index contributed by atoms with van der Waals surface area (Å²) >= 11 is 0. The molecular weight excluding hydrogens is 174 g/mol. The molecule has 1 atom stereocenters. The van der Waals surface area contributed by atoms with Crippen LogP contribution in [0.3, 0.4) is 0 Å². The van der Waals surface area contributed by atoms with Gasteiger partial charge in [0, 0.05) is 30.5 Å². The number of hydrogen-bond donors (Lipinski definition) is 1. The van der Waals surface area contributed by atoms with Crippen molar-refractivity contribution in [3.8, 4) is 0 Å². The number of hydrogen-bond acceptors (Lipinski definition) is 3. The Morgan fingerprint density at radius 2 is 2.14 bits per heavy atom. The summed E-state index contributed by atoms with van der Waals surface area (Å²) in [5.74, 6) is 0.990. The lowest BCUT2D eigenvalue weighted by molar-refractivity contribution is 0.487. The molecule has 1 heterocycles. The van der Waals surface area contributed by atoms with E-state index in [1.807, 2.05) is 12.4 Å². The van der Waals surface area contributed by atoms with Crippen LogP contribution in [0, 0.1) is 5.92 Å². The van der Waals surface area contributed by atoms with Gasteiger partial charge in [-0.3, -0.25) is 0 Å². The van der Waals surface area contributed by atoms with E-state index in [0.29, 0.717) is 6.04 Å². The third kappa shape index (κ3) is 3.07. The van der Waals surface area contributed by atoms with Gasteiger partial charge in [-0.2, -0.15) is 0 Å². The predicted molar refractivity (Wildman–Crippen MR) is 55.7 cm³/mol. The first-order valence-electron chi connectivity index (χ1n) is 5.32. The monoisotopic (exact) mass is 191 g/mol. The Labute approximate surface area is 85.0 Å². The summed E-state index contributed by atoms with van der Waals surface area (Å²) < 4.78 is 0. The minimum Gasteiger partial charge on any atom is -0.310 e. The molecule has 0 amide bonds. The van der Waals surface area contributed by atoms with E-state index in [1.165, 1.54) is 19.3 Å². The van der Waals surface area contributed by atoms with Crippen molar-refractivity contribution in [2.24, 2.45) is 5.92 Å². The highest BCUT2D eigenvalue weighted by molar-refractivity contribution is 5.01. The second-order valence-electron chi connectivity index (χ2n) is 4.21. The fourth-order valence-electron chi connectivity index (χ4n) is 1.65. The predicted octanol–water partition coefficient (Wildman–Crippen LogP) is 1.75. The van der Waals surface area contributed by atoms with Crippen LogP contribution in [0.25, 0.3) is 0 Å². The molecule has 0 saturated heterocycles. The summed E-state index contributed by atoms with van der Waals surface area (Å²) in [6, 6.07) is 0.614. The van der Waals surface area contributed by atoms with Crippen LogP contribution in [0.2, 0.25) is 0 Å². The van der Waals surface area contributed by atoms with Gasteiger partial charge in [-0.1, -0.05) is 12.8 Å². The Kier molecular flexibility index (Phi) is 3.09. The van der Waals surface area contributed by atoms with Crippen molar-refractivity contribution in [1.82, 2.24) is 15.3 Å². The molecule has 3 nitrogen and oxygen atoms in total. The second-order valence-corrected chi connectivity index (χ2v) is 4.21. The van der Waals surface area contributed by atoms with Crippen LogP contribution in [-0.2, 0) is 6.54 Å². The molecule has 0 aliphatic heterocycles. The van der Waals surface area contributed by atoms with Gasteiger partial charge in [0.15, 0.2) is 0 Å². The standard InChI is InChI=1S/C11H17N3/c1-9(4-10-2-3-10)14-7-11-5-12-8-13-6-11/h5-6,8-10,14H,2-4,7H2,1H3. The first kappa shape index (κ1) is 9.59. The van der Waals surface area contributed by atoms with Crippen LogP contribution in [0.1, 0.15) is 31.7 Å². The average Bonchev–Trinajstić information content (AvgIpc) is 3.00. The lowest BCUT2D eigenvalue weighted by atomic mass is 10.1. The third-order valence-corrected chi connectivity index (χ3v) is 2.65. The molecule has 1 aromatic heterocycles. The molecule has 0 spiro atoms. The average molecular weight is 191 g/mol. The smallest absolute Gasteiger partial charge is 0.115 e. The van der Waals surface area contributed by atoms with Gasteiger partial charge < -0.3 is 5.32 Å². The van der Waals surface area contributed by atoms with E-state index in [2.05, 4.69) is 22.2 Å². The molecule has 1 N–H and O–H groups in total. The SMILES string of the molecule is CC(CC1CC1)NCc1cncnc1. The minimum absolute atomic E-state index is 0.614. The fourth-order valence-corrected chi connectivity index (χ4v) is 1.65. The number of rotatable bonds is 5. The highest BCUT2D eigenvalue weighted by Crippen LogP contribution is 2.33. The van der Waals surface area contributed by atoms with Crippen LogP contribution >= 0.6 is 0 Å². The molecule has 1 unspecified atom stereocenters. The summed E-state index contributed by atoms with van der Waals surface area (Å²) in [5.41, 5.74) is 1.16. The Bertz CT molecular complexity index is 269. The van der Waals surface area contributed by atoms with E-state index < -0.39 is 0 Å².